The summed E-state index contributed by atoms with van der Waals surface area (Å²) in [5.41, 5.74) is 2.04. The summed E-state index contributed by atoms with van der Waals surface area (Å²) in [5, 5.41) is 4.19. The molecule has 0 amide bonds. The van der Waals surface area contributed by atoms with Crippen molar-refractivity contribution in [3.05, 3.63) is 60.2 Å². The molecule has 0 bridgehead atoms. The molecule has 0 spiro atoms. The Hall–Kier alpha value is -2.90. The van der Waals surface area contributed by atoms with Crippen molar-refractivity contribution in [2.24, 2.45) is 0 Å². The molecule has 7 heteroatoms. The third-order valence-electron chi connectivity index (χ3n) is 3.51. The summed E-state index contributed by atoms with van der Waals surface area (Å²) in [4.78, 5) is 31.9. The van der Waals surface area contributed by atoms with E-state index in [9.17, 15) is 9.59 Å². The van der Waals surface area contributed by atoms with Gasteiger partial charge in [0.05, 0.1) is 17.2 Å². The average Bonchev–Trinajstić information content (AvgIpc) is 2.71. The summed E-state index contributed by atoms with van der Waals surface area (Å²) in [6.45, 7) is 2.92. The minimum atomic E-state index is -1.13. The lowest BCUT2D eigenvalue weighted by atomic mass is 10.0. The summed E-state index contributed by atoms with van der Waals surface area (Å²) >= 11 is 0. The largest absolute Gasteiger partial charge is 0.543 e. The molecule has 0 N–H and O–H groups in total. The third-order valence-corrected chi connectivity index (χ3v) is 3.51. The van der Waals surface area contributed by atoms with Crippen molar-refractivity contribution in [2.45, 2.75) is 19.8 Å². The summed E-state index contributed by atoms with van der Waals surface area (Å²) in [6, 6.07) is 16.3. The van der Waals surface area contributed by atoms with E-state index in [0.717, 1.165) is 24.0 Å². The van der Waals surface area contributed by atoms with Crippen molar-refractivity contribution < 1.29 is 33.9 Å². The maximum absolute atomic E-state index is 12.0. The zero-order valence-electron chi connectivity index (χ0n) is 15.1. The van der Waals surface area contributed by atoms with Crippen LogP contribution < -0.4 is 0 Å². The lowest BCUT2D eigenvalue weighted by molar-refractivity contribution is -0.452. The quantitative estimate of drug-likeness (QED) is 0.265. The van der Waals surface area contributed by atoms with Crippen LogP contribution in [0.5, 0.6) is 0 Å². The van der Waals surface area contributed by atoms with E-state index in [4.69, 9.17) is 4.74 Å². The second-order valence-electron chi connectivity index (χ2n) is 5.53. The van der Waals surface area contributed by atoms with E-state index in [1.165, 1.54) is 0 Å². The molecular formula is C20H22O7. The first-order chi connectivity index (χ1) is 13.2. The van der Waals surface area contributed by atoms with Crippen LogP contribution in [-0.2, 0) is 24.3 Å². The Bertz CT molecular complexity index is 715. The van der Waals surface area contributed by atoms with Gasteiger partial charge in [0.2, 0.25) is 0 Å². The molecular weight excluding hydrogens is 352 g/mol. The van der Waals surface area contributed by atoms with Crippen LogP contribution in [-0.4, -0.2) is 31.9 Å². The molecule has 7 nitrogen and oxygen atoms in total. The Labute approximate surface area is 157 Å². The first-order valence-corrected chi connectivity index (χ1v) is 8.66. The van der Waals surface area contributed by atoms with Crippen molar-refractivity contribution in [1.29, 1.82) is 0 Å². The number of rotatable bonds is 10. The smallest absolute Gasteiger partial charge is 0.430 e. The fraction of sp³-hybridized carbons (Fsp3) is 0.300. The molecule has 0 saturated heterocycles. The van der Waals surface area contributed by atoms with Crippen LogP contribution >= 0.6 is 0 Å². The van der Waals surface area contributed by atoms with Crippen molar-refractivity contribution in [2.75, 3.05) is 19.8 Å². The molecule has 0 aliphatic carbocycles. The number of carbonyl (C=O) groups excluding carboxylic acids is 2. The number of unbranched alkanes of at least 4 members (excludes halogenated alkanes) is 1. The van der Waals surface area contributed by atoms with Crippen LogP contribution in [0.4, 0.5) is 4.79 Å². The molecule has 0 saturated carbocycles. The Morgan fingerprint density at radius 3 is 2.41 bits per heavy atom. The Morgan fingerprint density at radius 2 is 1.63 bits per heavy atom. The van der Waals surface area contributed by atoms with Gasteiger partial charge < -0.3 is 9.47 Å². The van der Waals surface area contributed by atoms with E-state index in [0.29, 0.717) is 6.61 Å². The fourth-order valence-electron chi connectivity index (χ4n) is 2.14. The second-order valence-corrected chi connectivity index (χ2v) is 5.53. The van der Waals surface area contributed by atoms with Gasteiger partial charge in [0.25, 0.3) is 0 Å². The van der Waals surface area contributed by atoms with Gasteiger partial charge in [-0.25, -0.2) is 14.5 Å². The van der Waals surface area contributed by atoms with Gasteiger partial charge >= 0.3 is 12.1 Å². The highest BCUT2D eigenvalue weighted by Gasteiger charge is 2.13. The van der Waals surface area contributed by atoms with Gasteiger partial charge in [-0.2, -0.15) is 0 Å². The van der Waals surface area contributed by atoms with E-state index in [1.54, 1.807) is 18.2 Å². The minimum Gasteiger partial charge on any atom is -0.430 e. The highest BCUT2D eigenvalue weighted by molar-refractivity contribution is 5.90. The van der Waals surface area contributed by atoms with E-state index in [1.807, 2.05) is 43.3 Å². The van der Waals surface area contributed by atoms with Gasteiger partial charge in [-0.1, -0.05) is 55.8 Å². The van der Waals surface area contributed by atoms with Crippen molar-refractivity contribution in [3.63, 3.8) is 0 Å². The van der Waals surface area contributed by atoms with Gasteiger partial charge in [0, 0.05) is 6.61 Å². The van der Waals surface area contributed by atoms with Crippen LogP contribution in [0.3, 0.4) is 0 Å². The first-order valence-electron chi connectivity index (χ1n) is 8.66. The number of hydrogen-bond acceptors (Lipinski definition) is 7. The molecule has 2 aromatic rings. The predicted octanol–water partition coefficient (Wildman–Crippen LogP) is 4.33. The minimum absolute atomic E-state index is 0.0129. The maximum Gasteiger partial charge on any atom is 0.543 e. The van der Waals surface area contributed by atoms with Gasteiger partial charge in [-0.3, -0.25) is 4.89 Å². The molecule has 144 valence electrons. The number of hydrogen-bond donors (Lipinski definition) is 0. The van der Waals surface area contributed by atoms with Crippen molar-refractivity contribution >= 4 is 12.1 Å². The molecule has 0 unspecified atom stereocenters. The van der Waals surface area contributed by atoms with Crippen molar-refractivity contribution in [1.82, 2.24) is 0 Å². The van der Waals surface area contributed by atoms with Crippen molar-refractivity contribution in [3.8, 4) is 11.1 Å². The van der Waals surface area contributed by atoms with E-state index >= 15 is 0 Å². The second kappa shape index (κ2) is 11.7. The molecule has 2 aromatic carbocycles. The summed E-state index contributed by atoms with van der Waals surface area (Å²) in [7, 11) is 0. The van der Waals surface area contributed by atoms with Crippen LogP contribution in [0.25, 0.3) is 11.1 Å². The molecule has 0 radical (unpaired) electrons. The average molecular weight is 374 g/mol. The Kier molecular flexibility index (Phi) is 8.82. The molecule has 0 heterocycles. The third kappa shape index (κ3) is 7.47. The van der Waals surface area contributed by atoms with Gasteiger partial charge in [-0.05, 0) is 29.7 Å². The topological polar surface area (TPSA) is 80.3 Å². The molecule has 0 aromatic heterocycles. The standard InChI is InChI=1S/C20H22O7/c1-2-3-12-23-13-14-24-20(22)26-27-25-19(21)18-11-7-10-17(15-18)16-8-5-4-6-9-16/h4-11,15H,2-3,12-14H2,1H3. The summed E-state index contributed by atoms with van der Waals surface area (Å²) < 4.78 is 9.90. The monoisotopic (exact) mass is 374 g/mol. The number of carbonyl (C=O) groups is 2. The zero-order chi connectivity index (χ0) is 19.3. The first kappa shape index (κ1) is 20.4. The normalized spacial score (nSPS) is 10.3. The van der Waals surface area contributed by atoms with E-state index in [2.05, 4.69) is 19.6 Å². The van der Waals surface area contributed by atoms with E-state index < -0.39 is 12.1 Å². The predicted molar refractivity (Wildman–Crippen MR) is 96.5 cm³/mol. The zero-order valence-corrected chi connectivity index (χ0v) is 15.1. The van der Waals surface area contributed by atoms with Gasteiger partial charge in [0.1, 0.15) is 6.61 Å². The SMILES string of the molecule is CCCCOCCOC(=O)OOOC(=O)c1cccc(-c2ccccc2)c1. The number of ether oxygens (including phenoxy) is 2. The lowest BCUT2D eigenvalue weighted by Gasteiger charge is -2.06. The molecule has 2 rings (SSSR count). The molecule has 0 aliphatic heterocycles. The lowest BCUT2D eigenvalue weighted by Crippen LogP contribution is -2.14. The molecule has 27 heavy (non-hydrogen) atoms. The molecule has 0 aliphatic rings. The van der Waals surface area contributed by atoms with Crippen LogP contribution in [0.15, 0.2) is 54.6 Å². The molecule has 0 atom stereocenters. The van der Waals surface area contributed by atoms with Crippen LogP contribution in [0.1, 0.15) is 30.1 Å². The van der Waals surface area contributed by atoms with Crippen LogP contribution in [0.2, 0.25) is 0 Å². The summed E-state index contributed by atoms with van der Waals surface area (Å²) in [6.07, 6.45) is 0.839. The van der Waals surface area contributed by atoms with Gasteiger partial charge in [-0.15, -0.1) is 0 Å². The highest BCUT2D eigenvalue weighted by atomic mass is 17.5. The fourth-order valence-corrected chi connectivity index (χ4v) is 2.14. The Balaban J connectivity index is 1.71. The highest BCUT2D eigenvalue weighted by Crippen LogP contribution is 2.20. The van der Waals surface area contributed by atoms with E-state index in [-0.39, 0.29) is 18.8 Å². The maximum atomic E-state index is 12.0. The Morgan fingerprint density at radius 1 is 0.852 bits per heavy atom. The van der Waals surface area contributed by atoms with Gasteiger partial charge in [0.15, 0.2) is 0 Å². The molecule has 0 fully saturated rings. The van der Waals surface area contributed by atoms with Crippen LogP contribution in [0, 0.1) is 0 Å². The summed E-state index contributed by atoms with van der Waals surface area (Å²) in [5.74, 6) is -0.802. The number of benzene rings is 2.